The summed E-state index contributed by atoms with van der Waals surface area (Å²) in [6.45, 7) is 9.47. The molecule has 1 aromatic carbocycles. The van der Waals surface area contributed by atoms with Crippen LogP contribution in [0, 0.1) is 17.3 Å². The molecule has 4 rings (SSSR count). The normalized spacial score (nSPS) is 28.3. The van der Waals surface area contributed by atoms with E-state index in [4.69, 9.17) is 0 Å². The van der Waals surface area contributed by atoms with E-state index in [0.717, 1.165) is 32.1 Å². The average Bonchev–Trinajstić information content (AvgIpc) is 3.19. The van der Waals surface area contributed by atoms with Crippen LogP contribution in [-0.4, -0.2) is 63.7 Å². The standard InChI is InChI=1S/C32H52N2O10P2/c1-29(2,33-26(36)7-6-8-27(45(39,40)41)46(42,43)44)17-18-30(3,4)34-28(37)32(38)16-14-25-24-11-9-20-19-21(35)10-12-22(20)23(24)13-15-31(25,32)5/h10,12,19,23-25,27,35,38H,6-9,11,13-18H2,1-5H3,(H,33,36)(H,34,37)(H2,39,40,41)(H2,42,43,44)/t23?,24?,25?,31-,32-/m0/s1. The zero-order valence-electron chi connectivity index (χ0n) is 27.5. The van der Waals surface area contributed by atoms with Crippen molar-refractivity contribution in [1.82, 2.24) is 10.6 Å². The van der Waals surface area contributed by atoms with Crippen molar-refractivity contribution in [2.24, 2.45) is 17.3 Å². The van der Waals surface area contributed by atoms with Gasteiger partial charge in [0, 0.05) is 22.9 Å². The lowest BCUT2D eigenvalue weighted by atomic mass is 9.53. The number of rotatable bonds is 12. The highest BCUT2D eigenvalue weighted by Gasteiger charge is 2.65. The lowest BCUT2D eigenvalue weighted by molar-refractivity contribution is -0.161. The largest absolute Gasteiger partial charge is 0.508 e. The Kier molecular flexibility index (Phi) is 10.4. The minimum atomic E-state index is -5.04. The Morgan fingerprint density at radius 3 is 2.17 bits per heavy atom. The Bertz CT molecular complexity index is 1400. The SMILES string of the molecule is CC(C)(CCC(C)(C)NC(=O)[C@@]1(O)CCC2C3CCc4cc(O)ccc4C3CC[C@@]21C)NC(=O)CCCC(P(=O)(O)O)P(=O)(O)O. The van der Waals surface area contributed by atoms with Gasteiger partial charge in [-0.25, -0.2) is 0 Å². The van der Waals surface area contributed by atoms with E-state index in [1.807, 2.05) is 39.8 Å². The predicted molar refractivity (Wildman–Crippen MR) is 173 cm³/mol. The van der Waals surface area contributed by atoms with Crippen molar-refractivity contribution in [3.05, 3.63) is 29.3 Å². The molecule has 3 unspecified atom stereocenters. The van der Waals surface area contributed by atoms with Gasteiger partial charge in [0.1, 0.15) is 11.4 Å². The molecule has 2 saturated carbocycles. The molecule has 3 aliphatic rings. The Labute approximate surface area is 271 Å². The quantitative estimate of drug-likeness (QED) is 0.145. The minimum absolute atomic E-state index is 0.111. The van der Waals surface area contributed by atoms with Gasteiger partial charge in [-0.3, -0.25) is 18.7 Å². The van der Waals surface area contributed by atoms with Gasteiger partial charge in [-0.15, -0.1) is 0 Å². The number of hydrogen-bond donors (Lipinski definition) is 8. The lowest BCUT2D eigenvalue weighted by Gasteiger charge is -2.53. The molecule has 2 amide bonds. The summed E-state index contributed by atoms with van der Waals surface area (Å²) < 4.78 is 23.0. The van der Waals surface area contributed by atoms with E-state index in [-0.39, 0.29) is 30.4 Å². The summed E-state index contributed by atoms with van der Waals surface area (Å²) in [7, 11) is -10.1. The molecule has 8 N–H and O–H groups in total. The van der Waals surface area contributed by atoms with Gasteiger partial charge in [0.15, 0.2) is 5.40 Å². The van der Waals surface area contributed by atoms with E-state index >= 15 is 0 Å². The van der Waals surface area contributed by atoms with Crippen LogP contribution in [-0.2, 0) is 25.1 Å². The number of aliphatic hydroxyl groups is 1. The van der Waals surface area contributed by atoms with E-state index < -0.39 is 55.0 Å². The van der Waals surface area contributed by atoms with Crippen LogP contribution in [0.5, 0.6) is 5.75 Å². The third-order valence-electron chi connectivity index (χ3n) is 11.2. The van der Waals surface area contributed by atoms with Gasteiger partial charge in [-0.2, -0.15) is 0 Å². The molecule has 5 atom stereocenters. The number of aryl methyl sites for hydroxylation is 1. The van der Waals surface area contributed by atoms with Gasteiger partial charge >= 0.3 is 15.2 Å². The number of amides is 2. The first-order valence-corrected chi connectivity index (χ1v) is 19.6. The molecule has 260 valence electrons. The monoisotopic (exact) mass is 686 g/mol. The second kappa shape index (κ2) is 12.9. The molecule has 12 nitrogen and oxygen atoms in total. The van der Waals surface area contributed by atoms with Crippen molar-refractivity contribution in [1.29, 1.82) is 0 Å². The summed E-state index contributed by atoms with van der Waals surface area (Å²) >= 11 is 0. The van der Waals surface area contributed by atoms with Crippen LogP contribution in [0.25, 0.3) is 0 Å². The molecule has 0 spiro atoms. The zero-order valence-corrected chi connectivity index (χ0v) is 29.3. The Balaban J connectivity index is 1.32. The molecule has 0 aromatic heterocycles. The van der Waals surface area contributed by atoms with Gasteiger partial charge < -0.3 is 40.4 Å². The topological polar surface area (TPSA) is 214 Å². The highest BCUT2D eigenvalue weighted by molar-refractivity contribution is 7.70. The number of carbonyl (C=O) groups excluding carboxylic acids is 2. The molecule has 0 bridgehead atoms. The average molecular weight is 687 g/mol. The predicted octanol–water partition coefficient (Wildman–Crippen LogP) is 4.40. The number of fused-ring (bicyclic) bond motifs is 5. The number of hydrogen-bond acceptors (Lipinski definition) is 6. The number of phenolic OH excluding ortho intramolecular Hbond substituents is 1. The molecule has 3 aliphatic carbocycles. The summed E-state index contributed by atoms with van der Waals surface area (Å²) in [4.78, 5) is 63.6. The maximum absolute atomic E-state index is 13.9. The van der Waals surface area contributed by atoms with Crippen molar-refractivity contribution >= 4 is 27.0 Å². The zero-order chi connectivity index (χ0) is 34.5. The molecule has 2 fully saturated rings. The van der Waals surface area contributed by atoms with E-state index in [2.05, 4.69) is 17.6 Å². The van der Waals surface area contributed by atoms with Gasteiger partial charge in [0.2, 0.25) is 5.91 Å². The maximum atomic E-state index is 13.9. The van der Waals surface area contributed by atoms with E-state index in [0.29, 0.717) is 31.1 Å². The Hall–Kier alpha value is -1.78. The number of nitrogens with one attached hydrogen (secondary N) is 2. The number of benzene rings is 1. The van der Waals surface area contributed by atoms with Crippen molar-refractivity contribution in [2.45, 2.75) is 133 Å². The minimum Gasteiger partial charge on any atom is -0.508 e. The summed E-state index contributed by atoms with van der Waals surface area (Å²) in [5, 5.41) is 25.9. The Morgan fingerprint density at radius 2 is 1.57 bits per heavy atom. The summed E-state index contributed by atoms with van der Waals surface area (Å²) in [5.74, 6) is 0.440. The van der Waals surface area contributed by atoms with Crippen LogP contribution in [0.4, 0.5) is 0 Å². The van der Waals surface area contributed by atoms with Crippen LogP contribution >= 0.6 is 15.2 Å². The molecular weight excluding hydrogens is 634 g/mol. The van der Waals surface area contributed by atoms with Gasteiger partial charge in [0.05, 0.1) is 0 Å². The molecule has 46 heavy (non-hydrogen) atoms. The van der Waals surface area contributed by atoms with Crippen LogP contribution in [0.3, 0.4) is 0 Å². The smallest absolute Gasteiger partial charge is 0.340 e. The first-order valence-electron chi connectivity index (χ1n) is 16.3. The van der Waals surface area contributed by atoms with Crippen molar-refractivity contribution in [3.63, 3.8) is 0 Å². The van der Waals surface area contributed by atoms with Gasteiger partial charge in [-0.05, 0) is 133 Å². The molecule has 0 heterocycles. The van der Waals surface area contributed by atoms with E-state index in [9.17, 15) is 48.5 Å². The molecular formula is C32H52N2O10P2. The van der Waals surface area contributed by atoms with Gasteiger partial charge in [0.25, 0.3) is 5.91 Å². The fourth-order valence-electron chi connectivity index (χ4n) is 8.54. The van der Waals surface area contributed by atoms with Crippen molar-refractivity contribution < 1.29 is 48.5 Å². The van der Waals surface area contributed by atoms with Crippen LogP contribution in [0.1, 0.15) is 116 Å². The first kappa shape index (κ1) is 37.0. The fourth-order valence-corrected chi connectivity index (χ4v) is 11.1. The highest BCUT2D eigenvalue weighted by atomic mass is 31.2. The second-order valence-corrected chi connectivity index (χ2v) is 19.5. The summed E-state index contributed by atoms with van der Waals surface area (Å²) in [6, 6.07) is 5.66. The fraction of sp³-hybridized carbons (Fsp3) is 0.750. The van der Waals surface area contributed by atoms with Crippen molar-refractivity contribution in [3.8, 4) is 5.75 Å². The van der Waals surface area contributed by atoms with Crippen LogP contribution in [0.2, 0.25) is 0 Å². The highest BCUT2D eigenvalue weighted by Crippen LogP contribution is 2.64. The van der Waals surface area contributed by atoms with Crippen molar-refractivity contribution in [2.75, 3.05) is 0 Å². The number of phenols is 1. The number of aromatic hydroxyl groups is 1. The molecule has 14 heteroatoms. The molecule has 0 saturated heterocycles. The molecule has 0 radical (unpaired) electrons. The van der Waals surface area contributed by atoms with E-state index in [1.165, 1.54) is 11.1 Å². The summed E-state index contributed by atoms with van der Waals surface area (Å²) in [5.41, 5.74) is -0.986. The number of carbonyl (C=O) groups is 2. The van der Waals surface area contributed by atoms with Crippen LogP contribution < -0.4 is 10.6 Å². The third-order valence-corrected chi connectivity index (χ3v) is 15.1. The lowest BCUT2D eigenvalue weighted by Crippen LogP contribution is -2.61. The molecule has 1 aromatic rings. The summed E-state index contributed by atoms with van der Waals surface area (Å²) in [6.07, 6.45) is 4.80. The third kappa shape index (κ3) is 7.75. The van der Waals surface area contributed by atoms with E-state index in [1.54, 1.807) is 6.07 Å². The first-order chi connectivity index (χ1) is 21.0. The molecule has 0 aliphatic heterocycles. The second-order valence-electron chi connectivity index (χ2n) is 15.5. The maximum Gasteiger partial charge on any atom is 0.340 e. The Morgan fingerprint density at radius 1 is 0.957 bits per heavy atom. The van der Waals surface area contributed by atoms with Crippen LogP contribution in [0.15, 0.2) is 18.2 Å². The van der Waals surface area contributed by atoms with Gasteiger partial charge in [-0.1, -0.05) is 13.0 Å².